The van der Waals surface area contributed by atoms with Crippen LogP contribution in [0.1, 0.15) is 103 Å². The number of rotatable bonds is 4. The molecule has 0 nitrogen and oxygen atoms in total. The van der Waals surface area contributed by atoms with E-state index in [1.54, 1.807) is 0 Å². The normalized spacial score (nSPS) is 13.9. The van der Waals surface area contributed by atoms with Crippen molar-refractivity contribution in [2.24, 2.45) is 11.3 Å². The first-order valence-corrected chi connectivity index (χ1v) is 21.6. The zero-order valence-electron chi connectivity index (χ0n) is 36.5. The molecule has 59 heavy (non-hydrogen) atoms. The number of benzene rings is 6. The van der Waals surface area contributed by atoms with E-state index in [1.807, 2.05) is 0 Å². The fourth-order valence-electron chi connectivity index (χ4n) is 7.53. The van der Waals surface area contributed by atoms with E-state index in [2.05, 4.69) is 233 Å². The standard InChI is InChI=1S/C33H33.C13H10.C10H15.2ClH.Zr/c1-32(2,3)30-20-26-24(18-28(30)22-13-9-7-10-14-22)17-25-19-29(23-15-11-8-12-16-23)31(21-27(25)26)33(4,5)6;1-3-7-12(8-4-1)11-13-9-5-2-6-10-13;1-8-5-6-9(7-8)10(2,3)4;;;/h7-16,18,20-21H,17H2,1-6H3;1-10H;6-8H,1-4H3;2*1H;/q-1;;-1;;;+2/p-2. The second kappa shape index (κ2) is 20.1. The molecule has 2 aliphatic carbocycles. The van der Waals surface area contributed by atoms with Crippen LogP contribution in [0.5, 0.6) is 0 Å². The summed E-state index contributed by atoms with van der Waals surface area (Å²) in [5, 5.41) is 0. The second-order valence-corrected chi connectivity index (χ2v) is 19.7. The second-order valence-electron chi connectivity index (χ2n) is 18.5. The van der Waals surface area contributed by atoms with Crippen LogP contribution < -0.4 is 24.8 Å². The minimum absolute atomic E-state index is 0. The number of halogens is 2. The van der Waals surface area contributed by atoms with Gasteiger partial charge < -0.3 is 24.8 Å². The summed E-state index contributed by atoms with van der Waals surface area (Å²) in [6.45, 7) is 22.7. The van der Waals surface area contributed by atoms with Crippen LogP contribution >= 0.6 is 0 Å². The summed E-state index contributed by atoms with van der Waals surface area (Å²) in [7, 11) is 0. The molecule has 0 saturated heterocycles. The molecule has 0 aliphatic heterocycles. The Morgan fingerprint density at radius 2 is 1.00 bits per heavy atom. The molecule has 6 aromatic carbocycles. The molecular weight excluding hydrogens is 835 g/mol. The average Bonchev–Trinajstić information content (AvgIpc) is 3.81. The van der Waals surface area contributed by atoms with Crippen molar-refractivity contribution in [1.82, 2.24) is 0 Å². The van der Waals surface area contributed by atoms with Crippen LogP contribution in [0.3, 0.4) is 0 Å². The summed E-state index contributed by atoms with van der Waals surface area (Å²) < 4.78 is 1.42. The Hall–Kier alpha value is -3.87. The molecule has 0 bridgehead atoms. The number of hydrogen-bond acceptors (Lipinski definition) is 0. The summed E-state index contributed by atoms with van der Waals surface area (Å²) >= 11 is 1.46. The van der Waals surface area contributed by atoms with Gasteiger partial charge in [0, 0.05) is 0 Å². The van der Waals surface area contributed by atoms with Crippen molar-refractivity contribution in [3.63, 3.8) is 0 Å². The van der Waals surface area contributed by atoms with E-state index >= 15 is 0 Å². The van der Waals surface area contributed by atoms with Gasteiger partial charge in [-0.3, -0.25) is 6.08 Å². The molecule has 0 amide bonds. The van der Waals surface area contributed by atoms with Crippen molar-refractivity contribution in [3.05, 3.63) is 203 Å². The fraction of sp³-hybridized carbons (Fsp3) is 0.268. The average molecular weight is 893 g/mol. The van der Waals surface area contributed by atoms with Crippen molar-refractivity contribution in [1.29, 1.82) is 0 Å². The van der Waals surface area contributed by atoms with Crippen LogP contribution in [0.15, 0.2) is 157 Å². The van der Waals surface area contributed by atoms with Crippen LogP contribution in [-0.4, -0.2) is 3.21 Å². The zero-order valence-corrected chi connectivity index (χ0v) is 40.4. The third-order valence-electron chi connectivity index (χ3n) is 10.7. The van der Waals surface area contributed by atoms with E-state index in [1.165, 1.54) is 99.8 Å². The van der Waals surface area contributed by atoms with Gasteiger partial charge in [-0.25, -0.2) is 6.08 Å². The van der Waals surface area contributed by atoms with Gasteiger partial charge in [0.1, 0.15) is 0 Å². The topological polar surface area (TPSA) is 0 Å². The maximum absolute atomic E-state index is 3.88. The van der Waals surface area contributed by atoms with Crippen molar-refractivity contribution in [3.8, 4) is 33.4 Å². The van der Waals surface area contributed by atoms with Crippen LogP contribution in [0.25, 0.3) is 33.4 Å². The Morgan fingerprint density at radius 3 is 1.42 bits per heavy atom. The van der Waals surface area contributed by atoms with Gasteiger partial charge in [0.05, 0.1) is 0 Å². The van der Waals surface area contributed by atoms with E-state index in [-0.39, 0.29) is 35.6 Å². The molecule has 0 radical (unpaired) electrons. The van der Waals surface area contributed by atoms with E-state index in [0.29, 0.717) is 11.3 Å². The predicted octanol–water partition coefficient (Wildman–Crippen LogP) is 8.77. The maximum atomic E-state index is 3.88. The summed E-state index contributed by atoms with van der Waals surface area (Å²) in [6, 6.07) is 53.9. The molecule has 6 aromatic rings. The number of fused-ring (bicyclic) bond motifs is 3. The molecule has 0 saturated carbocycles. The van der Waals surface area contributed by atoms with Crippen LogP contribution in [-0.2, 0) is 41.5 Å². The SMILES string of the molecule is CC(C)(C)c1cc2c([c-]c1-c1ccccc1)Cc1cc(-c3ccccc3)c(C(C)(C)C)cc1-2.CC1[C-]=CC(C(C)(C)C)=C1.[Cl-].[Cl-].[Zr+2]=[C](c1ccccc1)c1ccccc1. The molecule has 302 valence electrons. The Morgan fingerprint density at radius 1 is 0.542 bits per heavy atom. The summed E-state index contributed by atoms with van der Waals surface area (Å²) in [6.07, 6.45) is 8.60. The molecule has 0 spiro atoms. The molecule has 0 heterocycles. The summed E-state index contributed by atoms with van der Waals surface area (Å²) in [5.41, 5.74) is 17.9. The van der Waals surface area contributed by atoms with Gasteiger partial charge in [0.2, 0.25) is 0 Å². The zero-order chi connectivity index (χ0) is 41.0. The first-order chi connectivity index (χ1) is 27.0. The molecule has 0 N–H and O–H groups in total. The van der Waals surface area contributed by atoms with Gasteiger partial charge >= 0.3 is 99.2 Å². The predicted molar refractivity (Wildman–Crippen MR) is 242 cm³/mol. The molecule has 2 aliphatic rings. The van der Waals surface area contributed by atoms with E-state index in [9.17, 15) is 0 Å². The first-order valence-electron chi connectivity index (χ1n) is 20.4. The monoisotopic (exact) mass is 890 g/mol. The Balaban J connectivity index is 0.000000243. The van der Waals surface area contributed by atoms with E-state index < -0.39 is 0 Å². The van der Waals surface area contributed by atoms with Crippen molar-refractivity contribution >= 4 is 3.21 Å². The Kier molecular flexibility index (Phi) is 16.3. The third-order valence-corrected chi connectivity index (χ3v) is 12.2. The van der Waals surface area contributed by atoms with Crippen molar-refractivity contribution < 1.29 is 49.0 Å². The van der Waals surface area contributed by atoms with Crippen LogP contribution in [0.2, 0.25) is 0 Å². The van der Waals surface area contributed by atoms with Gasteiger partial charge in [0.25, 0.3) is 0 Å². The summed E-state index contributed by atoms with van der Waals surface area (Å²) in [4.78, 5) is 0. The van der Waals surface area contributed by atoms with Crippen LogP contribution in [0.4, 0.5) is 0 Å². The third kappa shape index (κ3) is 11.9. The van der Waals surface area contributed by atoms with Gasteiger partial charge in [-0.1, -0.05) is 170 Å². The van der Waals surface area contributed by atoms with Gasteiger partial charge in [-0.2, -0.15) is 11.6 Å². The Bertz CT molecular complexity index is 2220. The molecule has 8 rings (SSSR count). The molecular formula is C56H58Cl2Zr-2. The molecule has 0 aromatic heterocycles. The minimum atomic E-state index is 0. The van der Waals surface area contributed by atoms with Gasteiger partial charge in [-0.15, -0.1) is 28.8 Å². The fourth-order valence-corrected chi connectivity index (χ4v) is 8.35. The molecule has 0 fully saturated rings. The number of allylic oxidation sites excluding steroid dienone is 4. The van der Waals surface area contributed by atoms with Gasteiger partial charge in [0.15, 0.2) is 0 Å². The molecule has 3 heteroatoms. The van der Waals surface area contributed by atoms with E-state index in [0.717, 1.165) is 6.42 Å². The van der Waals surface area contributed by atoms with Gasteiger partial charge in [-0.05, 0) is 39.5 Å². The van der Waals surface area contributed by atoms with Crippen LogP contribution in [0, 0.1) is 23.5 Å². The molecule has 1 atom stereocenters. The quantitative estimate of drug-likeness (QED) is 0.155. The van der Waals surface area contributed by atoms with Crippen molar-refractivity contribution in [2.45, 2.75) is 86.5 Å². The number of hydrogen-bond donors (Lipinski definition) is 0. The van der Waals surface area contributed by atoms with E-state index in [4.69, 9.17) is 0 Å². The molecule has 1 unspecified atom stereocenters. The Labute approximate surface area is 383 Å². The van der Waals surface area contributed by atoms with Crippen molar-refractivity contribution in [2.75, 3.05) is 0 Å². The summed E-state index contributed by atoms with van der Waals surface area (Å²) in [5.74, 6) is 0.522. The first kappa shape index (κ1) is 47.8.